The lowest BCUT2D eigenvalue weighted by Crippen LogP contribution is -2.35. The summed E-state index contributed by atoms with van der Waals surface area (Å²) in [4.78, 5) is 14.5. The van der Waals surface area contributed by atoms with Gasteiger partial charge in [-0.3, -0.25) is 4.90 Å². The van der Waals surface area contributed by atoms with Crippen LogP contribution in [0.3, 0.4) is 0 Å². The maximum absolute atomic E-state index is 12.2. The predicted molar refractivity (Wildman–Crippen MR) is 109 cm³/mol. The highest BCUT2D eigenvalue weighted by atomic mass is 16.2. The maximum Gasteiger partial charge on any atom is 0.315 e. The number of hydrogen-bond acceptors (Lipinski definition) is 3. The minimum absolute atomic E-state index is 0.138. The summed E-state index contributed by atoms with van der Waals surface area (Å²) in [7, 11) is 2.12. The molecule has 1 aliphatic rings. The van der Waals surface area contributed by atoms with Crippen LogP contribution in [0.2, 0.25) is 0 Å². The first kappa shape index (κ1) is 19.4. The van der Waals surface area contributed by atoms with Crippen LogP contribution in [0.25, 0.3) is 0 Å². The number of fused-ring (bicyclic) bond motifs is 1. The molecule has 0 atom stereocenters. The van der Waals surface area contributed by atoms with E-state index in [1.807, 2.05) is 6.07 Å². The Morgan fingerprint density at radius 3 is 2.52 bits per heavy atom. The lowest BCUT2D eigenvalue weighted by molar-refractivity contribution is 0.240. The van der Waals surface area contributed by atoms with Gasteiger partial charge >= 0.3 is 6.03 Å². The van der Waals surface area contributed by atoms with Gasteiger partial charge in [0.15, 0.2) is 0 Å². The number of nitrogens with zero attached hydrogens (tertiary/aromatic N) is 1. The van der Waals surface area contributed by atoms with Crippen LogP contribution in [0, 0.1) is 0 Å². The number of carbonyl (C=O) groups excluding carboxylic acids is 1. The average molecular weight is 367 g/mol. The molecule has 2 amide bonds. The van der Waals surface area contributed by atoms with Crippen molar-refractivity contribution in [1.82, 2.24) is 20.9 Å². The molecular weight excluding hydrogens is 336 g/mol. The van der Waals surface area contributed by atoms with Gasteiger partial charge in [-0.05, 0) is 48.7 Å². The summed E-state index contributed by atoms with van der Waals surface area (Å²) < 4.78 is 0. The molecule has 0 aromatic heterocycles. The van der Waals surface area contributed by atoms with Crippen molar-refractivity contribution in [3.05, 3.63) is 70.3 Å². The number of carbonyl (C=O) groups is 1. The van der Waals surface area contributed by atoms with Gasteiger partial charge in [-0.2, -0.15) is 0 Å². The van der Waals surface area contributed by atoms with Crippen LogP contribution >= 0.6 is 0 Å². The topological polar surface area (TPSA) is 56.4 Å². The Labute approximate surface area is 162 Å². The van der Waals surface area contributed by atoms with Crippen LogP contribution in [0.15, 0.2) is 42.5 Å². The second-order valence-corrected chi connectivity index (χ2v) is 7.52. The molecule has 2 aromatic rings. The van der Waals surface area contributed by atoms with Crippen LogP contribution in [-0.2, 0) is 32.7 Å². The standard InChI is InChI=1S/C22H30N4O/c1-16(2)26(3)15-20-7-5-4-6-18(20)14-25-22(27)24-11-17-8-9-19-12-23-13-21(19)10-17/h4-10,16,23H,11-15H2,1-3H3,(H2,24,25,27). The molecule has 3 N–H and O–H groups in total. The number of benzene rings is 2. The molecule has 0 saturated heterocycles. The molecule has 0 radical (unpaired) electrons. The zero-order chi connectivity index (χ0) is 19.2. The molecule has 0 bridgehead atoms. The lowest BCUT2D eigenvalue weighted by atomic mass is 10.1. The highest BCUT2D eigenvalue weighted by molar-refractivity contribution is 5.73. The number of hydrogen-bond donors (Lipinski definition) is 3. The SMILES string of the molecule is CC(C)N(C)Cc1ccccc1CNC(=O)NCc1ccc2c(c1)CNC2. The Kier molecular flexibility index (Phi) is 6.48. The molecule has 0 spiro atoms. The van der Waals surface area contributed by atoms with Crippen molar-refractivity contribution in [2.45, 2.75) is 52.6 Å². The summed E-state index contributed by atoms with van der Waals surface area (Å²) in [5, 5.41) is 9.28. The first-order valence-electron chi connectivity index (χ1n) is 9.63. The van der Waals surface area contributed by atoms with Crippen LogP contribution in [0.5, 0.6) is 0 Å². The fourth-order valence-electron chi connectivity index (χ4n) is 3.21. The van der Waals surface area contributed by atoms with E-state index in [-0.39, 0.29) is 6.03 Å². The third kappa shape index (κ3) is 5.31. The van der Waals surface area contributed by atoms with Gasteiger partial charge in [0, 0.05) is 38.8 Å². The number of rotatable bonds is 7. The number of urea groups is 1. The van der Waals surface area contributed by atoms with Gasteiger partial charge in [-0.15, -0.1) is 0 Å². The molecule has 144 valence electrons. The molecule has 5 heteroatoms. The molecule has 0 saturated carbocycles. The van der Waals surface area contributed by atoms with E-state index in [2.05, 4.69) is 78.1 Å². The first-order valence-corrected chi connectivity index (χ1v) is 9.63. The predicted octanol–water partition coefficient (Wildman–Crippen LogP) is 3.13. The second-order valence-electron chi connectivity index (χ2n) is 7.52. The van der Waals surface area contributed by atoms with Crippen molar-refractivity contribution < 1.29 is 4.79 Å². The smallest absolute Gasteiger partial charge is 0.315 e. The lowest BCUT2D eigenvalue weighted by Gasteiger charge is -2.22. The third-order valence-corrected chi connectivity index (χ3v) is 5.21. The molecule has 2 aromatic carbocycles. The van der Waals surface area contributed by atoms with Gasteiger partial charge in [0.25, 0.3) is 0 Å². The largest absolute Gasteiger partial charge is 0.334 e. The van der Waals surface area contributed by atoms with E-state index in [9.17, 15) is 4.79 Å². The van der Waals surface area contributed by atoms with Crippen LogP contribution < -0.4 is 16.0 Å². The summed E-state index contributed by atoms with van der Waals surface area (Å²) in [6, 6.07) is 15.0. The third-order valence-electron chi connectivity index (χ3n) is 5.21. The number of amides is 2. The molecular formula is C22H30N4O. The summed E-state index contributed by atoms with van der Waals surface area (Å²) in [5.41, 5.74) is 6.22. The minimum atomic E-state index is -0.138. The van der Waals surface area contributed by atoms with E-state index >= 15 is 0 Å². The number of nitrogens with one attached hydrogen (secondary N) is 3. The van der Waals surface area contributed by atoms with Crippen molar-refractivity contribution in [3.63, 3.8) is 0 Å². The molecule has 5 nitrogen and oxygen atoms in total. The van der Waals surface area contributed by atoms with E-state index in [1.165, 1.54) is 16.7 Å². The summed E-state index contributed by atoms with van der Waals surface area (Å²) in [6.07, 6.45) is 0. The Balaban J connectivity index is 1.50. The normalized spacial score (nSPS) is 13.1. The second kappa shape index (κ2) is 9.02. The van der Waals surface area contributed by atoms with E-state index in [1.54, 1.807) is 0 Å². The van der Waals surface area contributed by atoms with Crippen LogP contribution in [0.4, 0.5) is 4.79 Å². The molecule has 0 fully saturated rings. The Bertz CT molecular complexity index is 788. The van der Waals surface area contributed by atoms with Crippen LogP contribution in [-0.4, -0.2) is 24.0 Å². The highest BCUT2D eigenvalue weighted by Gasteiger charge is 2.11. The van der Waals surface area contributed by atoms with E-state index in [0.717, 1.165) is 30.8 Å². The van der Waals surface area contributed by atoms with E-state index in [0.29, 0.717) is 19.1 Å². The molecule has 1 heterocycles. The zero-order valence-corrected chi connectivity index (χ0v) is 16.5. The van der Waals surface area contributed by atoms with Crippen molar-refractivity contribution in [2.75, 3.05) is 7.05 Å². The molecule has 0 unspecified atom stereocenters. The summed E-state index contributed by atoms with van der Waals surface area (Å²) in [5.74, 6) is 0. The Morgan fingerprint density at radius 2 is 1.74 bits per heavy atom. The van der Waals surface area contributed by atoms with Gasteiger partial charge < -0.3 is 16.0 Å². The average Bonchev–Trinajstić information content (AvgIpc) is 3.13. The fraction of sp³-hybridized carbons (Fsp3) is 0.409. The highest BCUT2D eigenvalue weighted by Crippen LogP contribution is 2.17. The molecule has 3 rings (SSSR count). The van der Waals surface area contributed by atoms with Crippen LogP contribution in [0.1, 0.15) is 41.7 Å². The van der Waals surface area contributed by atoms with Crippen molar-refractivity contribution in [1.29, 1.82) is 0 Å². The first-order chi connectivity index (χ1) is 13.0. The quantitative estimate of drug-likeness (QED) is 0.706. The Hall–Kier alpha value is -2.37. The summed E-state index contributed by atoms with van der Waals surface area (Å²) in [6.45, 7) is 8.16. The molecule has 1 aliphatic heterocycles. The fourth-order valence-corrected chi connectivity index (χ4v) is 3.21. The summed E-state index contributed by atoms with van der Waals surface area (Å²) >= 11 is 0. The Morgan fingerprint density at radius 1 is 1.04 bits per heavy atom. The zero-order valence-electron chi connectivity index (χ0n) is 16.5. The van der Waals surface area contributed by atoms with Gasteiger partial charge in [0.1, 0.15) is 0 Å². The molecule has 27 heavy (non-hydrogen) atoms. The van der Waals surface area contributed by atoms with E-state index in [4.69, 9.17) is 0 Å². The van der Waals surface area contributed by atoms with Gasteiger partial charge in [0.05, 0.1) is 0 Å². The van der Waals surface area contributed by atoms with Gasteiger partial charge in [-0.25, -0.2) is 4.79 Å². The van der Waals surface area contributed by atoms with Gasteiger partial charge in [-0.1, -0.05) is 42.5 Å². The van der Waals surface area contributed by atoms with Gasteiger partial charge in [0.2, 0.25) is 0 Å². The van der Waals surface area contributed by atoms with Crippen molar-refractivity contribution in [2.24, 2.45) is 0 Å². The van der Waals surface area contributed by atoms with E-state index < -0.39 is 0 Å². The maximum atomic E-state index is 12.2. The minimum Gasteiger partial charge on any atom is -0.334 e. The van der Waals surface area contributed by atoms with Crippen molar-refractivity contribution in [3.8, 4) is 0 Å². The monoisotopic (exact) mass is 366 g/mol. The molecule has 0 aliphatic carbocycles. The van der Waals surface area contributed by atoms with Crippen molar-refractivity contribution >= 4 is 6.03 Å².